The fourth-order valence-corrected chi connectivity index (χ4v) is 2.78. The highest BCUT2D eigenvalue weighted by atomic mass is 16.3. The van der Waals surface area contributed by atoms with Gasteiger partial charge in [0.2, 0.25) is 0 Å². The Labute approximate surface area is 114 Å². The number of rotatable bonds is 3. The molecule has 1 aromatic heterocycles. The number of aromatic nitrogens is 2. The number of aliphatic hydroxyl groups is 1. The number of hydrogen-bond donors (Lipinski definition) is 1. The number of nitrogens with zero attached hydrogens (tertiary/aromatic N) is 3. The molecule has 106 valence electrons. The fourth-order valence-electron chi connectivity index (χ4n) is 2.78. The monoisotopic (exact) mass is 265 g/mol. The molecule has 1 N–H and O–H groups in total. The average molecular weight is 265 g/mol. The van der Waals surface area contributed by atoms with Crippen molar-refractivity contribution in [1.82, 2.24) is 14.7 Å². The smallest absolute Gasteiger partial charge is 0.272 e. The molecular formula is C14H23N3O2. The van der Waals surface area contributed by atoms with Gasteiger partial charge in [0.15, 0.2) is 0 Å². The van der Waals surface area contributed by atoms with Crippen molar-refractivity contribution in [3.05, 3.63) is 17.5 Å². The van der Waals surface area contributed by atoms with Gasteiger partial charge in [-0.3, -0.25) is 9.48 Å². The Kier molecular flexibility index (Phi) is 3.94. The molecule has 1 saturated heterocycles. The van der Waals surface area contributed by atoms with Crippen molar-refractivity contribution >= 4 is 5.91 Å². The Balaban J connectivity index is 2.06. The van der Waals surface area contributed by atoms with Gasteiger partial charge < -0.3 is 10.0 Å². The van der Waals surface area contributed by atoms with E-state index in [1.54, 1.807) is 11.7 Å². The minimum Gasteiger partial charge on any atom is -0.396 e. The maximum atomic E-state index is 12.4. The van der Waals surface area contributed by atoms with E-state index < -0.39 is 0 Å². The van der Waals surface area contributed by atoms with Crippen LogP contribution in [0.25, 0.3) is 0 Å². The van der Waals surface area contributed by atoms with E-state index in [9.17, 15) is 9.90 Å². The van der Waals surface area contributed by atoms with Gasteiger partial charge in [-0.15, -0.1) is 0 Å². The third kappa shape index (κ3) is 2.66. The van der Waals surface area contributed by atoms with E-state index in [-0.39, 0.29) is 17.9 Å². The Morgan fingerprint density at radius 2 is 2.11 bits per heavy atom. The molecule has 1 aromatic rings. The Bertz CT molecular complexity index is 453. The van der Waals surface area contributed by atoms with Gasteiger partial charge in [-0.1, -0.05) is 6.92 Å². The number of aryl methyl sites for hydroxylation is 2. The van der Waals surface area contributed by atoms with Crippen molar-refractivity contribution in [2.75, 3.05) is 19.7 Å². The zero-order valence-electron chi connectivity index (χ0n) is 12.0. The normalized spacial score (nSPS) is 18.6. The molecule has 0 atom stereocenters. The van der Waals surface area contributed by atoms with Gasteiger partial charge in [-0.05, 0) is 37.7 Å². The van der Waals surface area contributed by atoms with Crippen LogP contribution in [0.4, 0.5) is 0 Å². The summed E-state index contributed by atoms with van der Waals surface area (Å²) < 4.78 is 1.64. The third-order valence-electron chi connectivity index (χ3n) is 4.42. The van der Waals surface area contributed by atoms with E-state index >= 15 is 0 Å². The lowest BCUT2D eigenvalue weighted by Crippen LogP contribution is -2.44. The quantitative estimate of drug-likeness (QED) is 0.897. The van der Waals surface area contributed by atoms with E-state index in [1.807, 2.05) is 17.9 Å². The number of hydrogen-bond acceptors (Lipinski definition) is 3. The van der Waals surface area contributed by atoms with Gasteiger partial charge in [0.05, 0.1) is 5.69 Å². The van der Waals surface area contributed by atoms with Crippen LogP contribution in [-0.2, 0) is 7.05 Å². The second kappa shape index (κ2) is 5.33. The molecule has 0 unspecified atom stereocenters. The van der Waals surface area contributed by atoms with Crippen molar-refractivity contribution in [3.63, 3.8) is 0 Å². The summed E-state index contributed by atoms with van der Waals surface area (Å²) in [4.78, 5) is 14.3. The number of amides is 1. The van der Waals surface area contributed by atoms with Gasteiger partial charge in [0.25, 0.3) is 5.91 Å². The summed E-state index contributed by atoms with van der Waals surface area (Å²) in [5.41, 5.74) is 1.52. The maximum absolute atomic E-state index is 12.4. The molecule has 19 heavy (non-hydrogen) atoms. The number of likely N-dealkylation sites (tertiary alicyclic amines) is 1. The van der Waals surface area contributed by atoms with Crippen LogP contribution < -0.4 is 0 Å². The highest BCUT2D eigenvalue weighted by molar-refractivity contribution is 5.92. The number of piperidine rings is 1. The van der Waals surface area contributed by atoms with E-state index in [4.69, 9.17) is 0 Å². The van der Waals surface area contributed by atoms with Crippen LogP contribution in [0.2, 0.25) is 0 Å². The minimum absolute atomic E-state index is 0.0131. The van der Waals surface area contributed by atoms with Gasteiger partial charge in [-0.25, -0.2) is 0 Å². The molecular weight excluding hydrogens is 242 g/mol. The van der Waals surface area contributed by atoms with E-state index in [0.29, 0.717) is 5.69 Å². The Morgan fingerprint density at radius 1 is 1.47 bits per heavy atom. The lowest BCUT2D eigenvalue weighted by atomic mass is 9.77. The molecule has 1 fully saturated rings. The summed E-state index contributed by atoms with van der Waals surface area (Å²) in [6, 6.07) is 1.83. The second-order valence-electron chi connectivity index (χ2n) is 5.60. The van der Waals surface area contributed by atoms with Crippen LogP contribution in [0.5, 0.6) is 0 Å². The molecule has 0 aromatic carbocycles. The molecule has 2 heterocycles. The van der Waals surface area contributed by atoms with Crippen LogP contribution in [0.3, 0.4) is 0 Å². The summed E-state index contributed by atoms with van der Waals surface area (Å²) in [5.74, 6) is 0.0470. The van der Waals surface area contributed by atoms with Crippen LogP contribution >= 0.6 is 0 Å². The van der Waals surface area contributed by atoms with Crippen molar-refractivity contribution < 1.29 is 9.90 Å². The molecule has 1 amide bonds. The molecule has 0 bridgehead atoms. The first kappa shape index (κ1) is 14.1. The highest BCUT2D eigenvalue weighted by Gasteiger charge is 2.34. The number of aliphatic hydroxyl groups excluding tert-OH is 1. The van der Waals surface area contributed by atoms with Crippen LogP contribution in [0.1, 0.15) is 42.4 Å². The summed E-state index contributed by atoms with van der Waals surface area (Å²) in [5, 5.41) is 13.7. The van der Waals surface area contributed by atoms with Gasteiger partial charge in [0, 0.05) is 26.7 Å². The molecule has 5 heteroatoms. The van der Waals surface area contributed by atoms with Crippen LogP contribution in [0.15, 0.2) is 6.07 Å². The predicted octanol–water partition coefficient (Wildman–Crippen LogP) is 1.35. The van der Waals surface area contributed by atoms with Crippen molar-refractivity contribution in [3.8, 4) is 0 Å². The first-order valence-electron chi connectivity index (χ1n) is 6.92. The minimum atomic E-state index is 0.0131. The zero-order chi connectivity index (χ0) is 14.0. The van der Waals surface area contributed by atoms with Gasteiger partial charge >= 0.3 is 0 Å². The molecule has 0 saturated carbocycles. The average Bonchev–Trinajstić information content (AvgIpc) is 2.77. The molecule has 1 aliphatic heterocycles. The molecule has 0 radical (unpaired) electrons. The standard InChI is InChI=1S/C14H23N3O2/c1-4-14(10-18)5-7-17(8-6-14)13(19)12-9-11(2)15-16(12)3/h9,18H,4-8,10H2,1-3H3. The summed E-state index contributed by atoms with van der Waals surface area (Å²) in [7, 11) is 1.80. The Hall–Kier alpha value is -1.36. The first-order chi connectivity index (χ1) is 9.01. The summed E-state index contributed by atoms with van der Waals surface area (Å²) in [6.45, 7) is 5.66. The maximum Gasteiger partial charge on any atom is 0.272 e. The number of carbonyl (C=O) groups excluding carboxylic acids is 1. The summed E-state index contributed by atoms with van der Waals surface area (Å²) in [6.07, 6.45) is 2.72. The van der Waals surface area contributed by atoms with Crippen molar-refractivity contribution in [2.45, 2.75) is 33.1 Å². The second-order valence-corrected chi connectivity index (χ2v) is 5.60. The molecule has 0 spiro atoms. The molecule has 5 nitrogen and oxygen atoms in total. The van der Waals surface area contributed by atoms with Crippen molar-refractivity contribution in [2.24, 2.45) is 12.5 Å². The molecule has 1 aliphatic rings. The number of carbonyl (C=O) groups is 1. The van der Waals surface area contributed by atoms with E-state index in [0.717, 1.165) is 38.0 Å². The van der Waals surface area contributed by atoms with Crippen LogP contribution in [0, 0.1) is 12.3 Å². The lowest BCUT2D eigenvalue weighted by molar-refractivity contribution is 0.0332. The third-order valence-corrected chi connectivity index (χ3v) is 4.42. The van der Waals surface area contributed by atoms with Gasteiger partial charge in [0.1, 0.15) is 5.69 Å². The molecule has 0 aliphatic carbocycles. The SMILES string of the molecule is CCC1(CO)CCN(C(=O)c2cc(C)nn2C)CC1. The first-order valence-corrected chi connectivity index (χ1v) is 6.92. The zero-order valence-corrected chi connectivity index (χ0v) is 12.0. The lowest BCUT2D eigenvalue weighted by Gasteiger charge is -2.40. The molecule has 2 rings (SSSR count). The fraction of sp³-hybridized carbons (Fsp3) is 0.714. The largest absolute Gasteiger partial charge is 0.396 e. The Morgan fingerprint density at radius 3 is 2.53 bits per heavy atom. The summed E-state index contributed by atoms with van der Waals surface area (Å²) >= 11 is 0. The highest BCUT2D eigenvalue weighted by Crippen LogP contribution is 2.34. The van der Waals surface area contributed by atoms with E-state index in [1.165, 1.54) is 0 Å². The predicted molar refractivity (Wildman–Crippen MR) is 72.9 cm³/mol. The van der Waals surface area contributed by atoms with Crippen molar-refractivity contribution in [1.29, 1.82) is 0 Å². The van der Waals surface area contributed by atoms with Crippen LogP contribution in [-0.4, -0.2) is 45.4 Å². The van der Waals surface area contributed by atoms with E-state index in [2.05, 4.69) is 12.0 Å². The van der Waals surface area contributed by atoms with Gasteiger partial charge in [-0.2, -0.15) is 5.10 Å². The topological polar surface area (TPSA) is 58.4 Å².